The number of carbonyl (C=O) groups excluding carboxylic acids is 3. The normalized spacial score (nSPS) is 22.8. The number of nitrogens with one attached hydrogen (secondary N) is 2. The van der Waals surface area contributed by atoms with Crippen molar-refractivity contribution in [2.45, 2.75) is 53.9 Å². The fourth-order valence-corrected chi connectivity index (χ4v) is 6.08. The van der Waals surface area contributed by atoms with E-state index in [9.17, 15) is 24.6 Å². The average Bonchev–Trinajstić information content (AvgIpc) is 2.98. The molecule has 41 heavy (non-hydrogen) atoms. The van der Waals surface area contributed by atoms with E-state index in [-0.39, 0.29) is 25.3 Å². The number of rotatable bonds is 10. The number of ether oxygens (including phenoxy) is 2. The quantitative estimate of drug-likeness (QED) is 0.270. The molecule has 1 heterocycles. The van der Waals surface area contributed by atoms with Gasteiger partial charge in [-0.05, 0) is 35.4 Å². The van der Waals surface area contributed by atoms with Gasteiger partial charge in [-0.3, -0.25) is 9.59 Å². The van der Waals surface area contributed by atoms with Gasteiger partial charge in [-0.15, -0.1) is 0 Å². The first-order valence-electron chi connectivity index (χ1n) is 13.3. The molecule has 1 fully saturated rings. The van der Waals surface area contributed by atoms with E-state index in [1.54, 1.807) is 24.3 Å². The standard InChI is InChI=1S/C31H34N2O7S/c1-20(34)33-28-26(36)18-31(30(38)39-2,41-25-11-7-4-8-12-25)40-27(28)17-24(35)19-32-29(37)23-15-13-22(14-16-23)21-9-5-3-6-10-21/h3-16,24,26-28,35-36H,17-19H2,1-2H3,(H,32,37)(H,33,34)/t24?,26-,27?,28?,31-/m1/s1. The number of thioether (sulfide) groups is 1. The number of carbonyl (C=O) groups is 3. The number of benzene rings is 3. The van der Waals surface area contributed by atoms with Crippen molar-refractivity contribution in [3.8, 4) is 11.1 Å². The molecule has 216 valence electrons. The molecule has 0 aliphatic carbocycles. The maximum atomic E-state index is 13.0. The molecule has 10 heteroatoms. The highest BCUT2D eigenvalue weighted by Crippen LogP contribution is 2.44. The van der Waals surface area contributed by atoms with E-state index >= 15 is 0 Å². The lowest BCUT2D eigenvalue weighted by Gasteiger charge is -2.45. The Bertz CT molecular complexity index is 1320. The molecule has 0 spiro atoms. The predicted molar refractivity (Wildman–Crippen MR) is 155 cm³/mol. The average molecular weight is 579 g/mol. The van der Waals surface area contributed by atoms with Gasteiger partial charge in [0, 0.05) is 36.8 Å². The Hall–Kier alpha value is -3.70. The summed E-state index contributed by atoms with van der Waals surface area (Å²) in [5.41, 5.74) is 2.44. The number of aliphatic hydroxyl groups excluding tert-OH is 2. The van der Waals surface area contributed by atoms with E-state index in [0.717, 1.165) is 22.9 Å². The van der Waals surface area contributed by atoms with Gasteiger partial charge in [0.05, 0.1) is 31.5 Å². The van der Waals surface area contributed by atoms with Crippen molar-refractivity contribution in [3.63, 3.8) is 0 Å². The van der Waals surface area contributed by atoms with Gasteiger partial charge >= 0.3 is 5.97 Å². The topological polar surface area (TPSA) is 134 Å². The first-order valence-corrected chi connectivity index (χ1v) is 14.1. The number of amides is 2. The summed E-state index contributed by atoms with van der Waals surface area (Å²) in [6.45, 7) is 1.20. The Morgan fingerprint density at radius 2 is 1.61 bits per heavy atom. The summed E-state index contributed by atoms with van der Waals surface area (Å²) in [7, 11) is 1.23. The summed E-state index contributed by atoms with van der Waals surface area (Å²) in [5.74, 6) is -1.46. The van der Waals surface area contributed by atoms with Crippen LogP contribution in [0.1, 0.15) is 30.1 Å². The van der Waals surface area contributed by atoms with Crippen molar-refractivity contribution in [2.75, 3.05) is 13.7 Å². The number of methoxy groups -OCH3 is 1. The molecular formula is C31H34N2O7S. The van der Waals surface area contributed by atoms with Crippen LogP contribution >= 0.6 is 11.8 Å². The van der Waals surface area contributed by atoms with Crippen molar-refractivity contribution in [2.24, 2.45) is 0 Å². The molecule has 4 rings (SSSR count). The van der Waals surface area contributed by atoms with Crippen LogP contribution in [-0.4, -0.2) is 70.9 Å². The van der Waals surface area contributed by atoms with Crippen LogP contribution in [0.25, 0.3) is 11.1 Å². The first kappa shape index (κ1) is 30.3. The Balaban J connectivity index is 1.45. The maximum Gasteiger partial charge on any atom is 0.349 e. The predicted octanol–water partition coefficient (Wildman–Crippen LogP) is 3.15. The van der Waals surface area contributed by atoms with Crippen molar-refractivity contribution >= 4 is 29.5 Å². The van der Waals surface area contributed by atoms with Crippen LogP contribution < -0.4 is 10.6 Å². The van der Waals surface area contributed by atoms with E-state index in [4.69, 9.17) is 9.47 Å². The fraction of sp³-hybridized carbons (Fsp3) is 0.323. The van der Waals surface area contributed by atoms with Gasteiger partial charge in [0.25, 0.3) is 5.91 Å². The van der Waals surface area contributed by atoms with Crippen molar-refractivity contribution in [1.29, 1.82) is 0 Å². The Morgan fingerprint density at radius 3 is 2.22 bits per heavy atom. The lowest BCUT2D eigenvalue weighted by atomic mass is 9.91. The van der Waals surface area contributed by atoms with Gasteiger partial charge in [0.2, 0.25) is 10.8 Å². The van der Waals surface area contributed by atoms with Gasteiger partial charge in [-0.2, -0.15) is 0 Å². The summed E-state index contributed by atoms with van der Waals surface area (Å²) in [5, 5.41) is 27.3. The Kier molecular flexibility index (Phi) is 10.2. The molecule has 3 unspecified atom stereocenters. The van der Waals surface area contributed by atoms with E-state index in [0.29, 0.717) is 10.5 Å². The molecule has 0 bridgehead atoms. The highest BCUT2D eigenvalue weighted by atomic mass is 32.2. The minimum Gasteiger partial charge on any atom is -0.466 e. The van der Waals surface area contributed by atoms with E-state index in [1.165, 1.54) is 14.0 Å². The van der Waals surface area contributed by atoms with Crippen molar-refractivity contribution in [3.05, 3.63) is 90.5 Å². The minimum absolute atomic E-state index is 0.0800. The van der Waals surface area contributed by atoms with Crippen LogP contribution in [0.15, 0.2) is 89.8 Å². The molecule has 9 nitrogen and oxygen atoms in total. The van der Waals surface area contributed by atoms with E-state index < -0.39 is 41.2 Å². The monoisotopic (exact) mass is 578 g/mol. The first-order chi connectivity index (χ1) is 19.7. The van der Waals surface area contributed by atoms with Gasteiger partial charge in [0.15, 0.2) is 0 Å². The SMILES string of the molecule is COC(=O)[C@]1(Sc2ccccc2)C[C@@H](O)C(NC(C)=O)C(CC(O)CNC(=O)c2ccc(-c3ccccc3)cc2)O1. The summed E-state index contributed by atoms with van der Waals surface area (Å²) in [6, 6.07) is 25.1. The molecule has 0 radical (unpaired) electrons. The third kappa shape index (κ3) is 7.74. The van der Waals surface area contributed by atoms with Crippen LogP contribution in [-0.2, 0) is 19.1 Å². The second-order valence-corrected chi connectivity index (χ2v) is 11.2. The number of aliphatic hydroxyl groups is 2. The van der Waals surface area contributed by atoms with Gasteiger partial charge in [-0.1, -0.05) is 72.4 Å². The number of hydrogen-bond acceptors (Lipinski definition) is 8. The Morgan fingerprint density at radius 1 is 1.00 bits per heavy atom. The van der Waals surface area contributed by atoms with Crippen LogP contribution in [0, 0.1) is 0 Å². The fourth-order valence-electron chi connectivity index (χ4n) is 4.82. The molecule has 1 aliphatic rings. The molecule has 4 N–H and O–H groups in total. The number of esters is 1. The largest absolute Gasteiger partial charge is 0.466 e. The van der Waals surface area contributed by atoms with Crippen LogP contribution in [0.2, 0.25) is 0 Å². The van der Waals surface area contributed by atoms with Crippen LogP contribution in [0.4, 0.5) is 0 Å². The van der Waals surface area contributed by atoms with E-state index in [2.05, 4.69) is 10.6 Å². The second-order valence-electron chi connectivity index (χ2n) is 9.86. The summed E-state index contributed by atoms with van der Waals surface area (Å²) in [6.07, 6.45) is -3.46. The molecule has 2 amide bonds. The summed E-state index contributed by atoms with van der Waals surface area (Å²) in [4.78, 5) is 36.8. The lowest BCUT2D eigenvalue weighted by Crippen LogP contribution is -2.62. The third-order valence-corrected chi connectivity index (χ3v) is 8.05. The molecule has 0 aromatic heterocycles. The molecule has 1 aliphatic heterocycles. The third-order valence-electron chi connectivity index (χ3n) is 6.78. The Labute approximate surface area is 243 Å². The van der Waals surface area contributed by atoms with Crippen LogP contribution in [0.3, 0.4) is 0 Å². The molecule has 0 saturated carbocycles. The second kappa shape index (κ2) is 13.8. The van der Waals surface area contributed by atoms with Gasteiger partial charge in [0.1, 0.15) is 0 Å². The maximum absolute atomic E-state index is 13.0. The van der Waals surface area contributed by atoms with Gasteiger partial charge in [-0.25, -0.2) is 4.79 Å². The lowest BCUT2D eigenvalue weighted by molar-refractivity contribution is -0.185. The van der Waals surface area contributed by atoms with Crippen molar-refractivity contribution in [1.82, 2.24) is 10.6 Å². The van der Waals surface area contributed by atoms with Crippen molar-refractivity contribution < 1.29 is 34.1 Å². The zero-order chi connectivity index (χ0) is 29.4. The smallest absolute Gasteiger partial charge is 0.349 e. The molecule has 3 aromatic carbocycles. The minimum atomic E-state index is -1.61. The summed E-state index contributed by atoms with van der Waals surface area (Å²) < 4.78 is 11.3. The highest BCUT2D eigenvalue weighted by molar-refractivity contribution is 8.01. The summed E-state index contributed by atoms with van der Waals surface area (Å²) >= 11 is 1.09. The molecule has 3 aromatic rings. The van der Waals surface area contributed by atoms with E-state index in [1.807, 2.05) is 60.7 Å². The molecular weight excluding hydrogens is 544 g/mol. The zero-order valence-electron chi connectivity index (χ0n) is 22.9. The number of hydrogen-bond donors (Lipinski definition) is 4. The van der Waals surface area contributed by atoms with Crippen LogP contribution in [0.5, 0.6) is 0 Å². The molecule has 5 atom stereocenters. The van der Waals surface area contributed by atoms with Gasteiger partial charge < -0.3 is 30.3 Å². The zero-order valence-corrected chi connectivity index (χ0v) is 23.7. The molecule has 1 saturated heterocycles. The highest BCUT2D eigenvalue weighted by Gasteiger charge is 2.53.